The molecule has 8 nitrogen and oxygen atoms in total. The van der Waals surface area contributed by atoms with Gasteiger partial charge in [0.1, 0.15) is 6.04 Å². The van der Waals surface area contributed by atoms with Crippen LogP contribution < -0.4 is 10.6 Å². The van der Waals surface area contributed by atoms with E-state index in [0.29, 0.717) is 0 Å². The molecule has 1 saturated heterocycles. The maximum Gasteiger partial charge on any atom is 0.273 e. The number of nitrogens with one attached hydrogen (secondary N) is 2. The molecule has 2 rings (SSSR count). The Morgan fingerprint density at radius 1 is 1.38 bits per heavy atom. The zero-order valence-electron chi connectivity index (χ0n) is 11.0. The van der Waals surface area contributed by atoms with Gasteiger partial charge in [0.05, 0.1) is 11.3 Å². The molecule has 0 spiro atoms. The number of nitrogens with zero attached hydrogens (tertiary/aromatic N) is 1. The lowest BCUT2D eigenvalue weighted by molar-refractivity contribution is -0.385. The summed E-state index contributed by atoms with van der Waals surface area (Å²) in [6.07, 6.45) is 0.185. The molecular weight excluding hydrogens is 278 g/mol. The van der Waals surface area contributed by atoms with Crippen LogP contribution in [0.1, 0.15) is 18.4 Å². The molecule has 3 amide bonds. The van der Waals surface area contributed by atoms with Crippen LogP contribution in [0.4, 0.5) is 5.69 Å². The molecule has 0 saturated carbocycles. The number of amides is 3. The van der Waals surface area contributed by atoms with Crippen LogP contribution in [0.15, 0.2) is 24.3 Å². The van der Waals surface area contributed by atoms with E-state index in [9.17, 15) is 24.5 Å². The molecule has 0 aromatic heterocycles. The zero-order valence-corrected chi connectivity index (χ0v) is 11.0. The number of hydrogen-bond donors (Lipinski definition) is 2. The average Bonchev–Trinajstić information content (AvgIpc) is 2.42. The van der Waals surface area contributed by atoms with Gasteiger partial charge in [-0.25, -0.2) is 0 Å². The summed E-state index contributed by atoms with van der Waals surface area (Å²) in [6.45, 7) is 0. The zero-order chi connectivity index (χ0) is 15.4. The Morgan fingerprint density at radius 3 is 2.76 bits per heavy atom. The maximum absolute atomic E-state index is 11.9. The number of rotatable bonds is 4. The van der Waals surface area contributed by atoms with Crippen molar-refractivity contribution in [3.05, 3.63) is 39.9 Å². The van der Waals surface area contributed by atoms with Crippen molar-refractivity contribution in [3.8, 4) is 0 Å². The second-order valence-electron chi connectivity index (χ2n) is 4.63. The Bertz CT molecular complexity index is 614. The third-order valence-corrected chi connectivity index (χ3v) is 3.11. The molecule has 2 N–H and O–H groups in total. The van der Waals surface area contributed by atoms with Crippen molar-refractivity contribution in [2.75, 3.05) is 0 Å². The summed E-state index contributed by atoms with van der Waals surface area (Å²) in [7, 11) is 0. The second kappa shape index (κ2) is 6.12. The minimum absolute atomic E-state index is 0.143. The highest BCUT2D eigenvalue weighted by Gasteiger charge is 2.28. The van der Waals surface area contributed by atoms with E-state index in [2.05, 4.69) is 10.6 Å². The van der Waals surface area contributed by atoms with Crippen LogP contribution in [0, 0.1) is 10.1 Å². The first-order valence-electron chi connectivity index (χ1n) is 6.32. The number of benzene rings is 1. The quantitative estimate of drug-likeness (QED) is 0.462. The van der Waals surface area contributed by atoms with Gasteiger partial charge in [-0.05, 0) is 6.42 Å². The van der Waals surface area contributed by atoms with Crippen molar-refractivity contribution in [1.29, 1.82) is 0 Å². The number of imide groups is 1. The molecule has 8 heteroatoms. The fraction of sp³-hybridized carbons (Fsp3) is 0.308. The van der Waals surface area contributed by atoms with Crippen LogP contribution in [0.3, 0.4) is 0 Å². The summed E-state index contributed by atoms with van der Waals surface area (Å²) in [5.74, 6) is -1.43. The number of nitro benzene ring substituents is 1. The van der Waals surface area contributed by atoms with Gasteiger partial charge in [-0.3, -0.25) is 29.8 Å². The van der Waals surface area contributed by atoms with Crippen molar-refractivity contribution < 1.29 is 19.3 Å². The summed E-state index contributed by atoms with van der Waals surface area (Å²) in [5.41, 5.74) is 0.128. The summed E-state index contributed by atoms with van der Waals surface area (Å²) >= 11 is 0. The van der Waals surface area contributed by atoms with Gasteiger partial charge in [-0.2, -0.15) is 0 Å². The predicted octanol–water partition coefficient (Wildman–Crippen LogP) is 0.0587. The fourth-order valence-corrected chi connectivity index (χ4v) is 2.09. The summed E-state index contributed by atoms with van der Waals surface area (Å²) < 4.78 is 0. The van der Waals surface area contributed by atoms with Gasteiger partial charge in [-0.1, -0.05) is 18.2 Å². The predicted molar refractivity (Wildman–Crippen MR) is 71.1 cm³/mol. The minimum atomic E-state index is -0.780. The minimum Gasteiger partial charge on any atom is -0.344 e. The lowest BCUT2D eigenvalue weighted by Crippen LogP contribution is -2.52. The molecule has 1 aromatic carbocycles. The van der Waals surface area contributed by atoms with Crippen LogP contribution >= 0.6 is 0 Å². The Labute approximate surface area is 119 Å². The molecule has 1 aromatic rings. The second-order valence-corrected chi connectivity index (χ2v) is 4.63. The topological polar surface area (TPSA) is 118 Å². The number of carbonyl (C=O) groups excluding carboxylic acids is 3. The monoisotopic (exact) mass is 291 g/mol. The molecular formula is C13H13N3O5. The van der Waals surface area contributed by atoms with Crippen molar-refractivity contribution in [2.24, 2.45) is 0 Å². The molecule has 0 radical (unpaired) electrons. The number of para-hydroxylation sites is 1. The van der Waals surface area contributed by atoms with Crippen molar-refractivity contribution in [2.45, 2.75) is 25.3 Å². The highest BCUT2D eigenvalue weighted by molar-refractivity contribution is 6.01. The van der Waals surface area contributed by atoms with E-state index in [1.54, 1.807) is 6.07 Å². The van der Waals surface area contributed by atoms with Gasteiger partial charge in [0, 0.05) is 18.1 Å². The maximum atomic E-state index is 11.9. The standard InChI is InChI=1S/C13H13N3O5/c17-11-6-5-9(13(19)15-11)14-12(18)7-8-3-1-2-4-10(8)16(20)21/h1-4,9H,5-7H2,(H,14,18)(H,15,17,19). The average molecular weight is 291 g/mol. The van der Waals surface area contributed by atoms with E-state index < -0.39 is 22.8 Å². The lowest BCUT2D eigenvalue weighted by atomic mass is 10.0. The third-order valence-electron chi connectivity index (χ3n) is 3.11. The van der Waals surface area contributed by atoms with Gasteiger partial charge in [0.25, 0.3) is 5.69 Å². The van der Waals surface area contributed by atoms with Crippen molar-refractivity contribution in [3.63, 3.8) is 0 Å². The van der Waals surface area contributed by atoms with E-state index in [1.807, 2.05) is 0 Å². The molecule has 1 atom stereocenters. The number of carbonyl (C=O) groups is 3. The van der Waals surface area contributed by atoms with Gasteiger partial charge in [0.15, 0.2) is 0 Å². The van der Waals surface area contributed by atoms with Crippen molar-refractivity contribution >= 4 is 23.4 Å². The molecule has 110 valence electrons. The summed E-state index contributed by atoms with van der Waals surface area (Å²) in [4.78, 5) is 44.7. The van der Waals surface area contributed by atoms with Gasteiger partial charge < -0.3 is 5.32 Å². The normalized spacial score (nSPS) is 18.0. The molecule has 1 unspecified atom stereocenters. The van der Waals surface area contributed by atoms with E-state index in [-0.39, 0.29) is 36.4 Å². The molecule has 0 bridgehead atoms. The number of hydrogen-bond acceptors (Lipinski definition) is 5. The summed E-state index contributed by atoms with van der Waals surface area (Å²) in [6, 6.07) is 5.14. The Balaban J connectivity index is 2.01. The Hall–Kier alpha value is -2.77. The first-order valence-corrected chi connectivity index (χ1v) is 6.32. The highest BCUT2D eigenvalue weighted by atomic mass is 16.6. The molecule has 21 heavy (non-hydrogen) atoms. The van der Waals surface area contributed by atoms with Crippen LogP contribution in [0.25, 0.3) is 0 Å². The molecule has 1 aliphatic rings. The van der Waals surface area contributed by atoms with Crippen LogP contribution in [-0.4, -0.2) is 28.7 Å². The molecule has 1 aliphatic heterocycles. The van der Waals surface area contributed by atoms with Crippen LogP contribution in [0.2, 0.25) is 0 Å². The van der Waals surface area contributed by atoms with E-state index in [1.165, 1.54) is 18.2 Å². The number of piperidine rings is 1. The van der Waals surface area contributed by atoms with Crippen molar-refractivity contribution in [1.82, 2.24) is 10.6 Å². The van der Waals surface area contributed by atoms with Gasteiger partial charge in [-0.15, -0.1) is 0 Å². The number of nitro groups is 1. The van der Waals surface area contributed by atoms with E-state index in [4.69, 9.17) is 0 Å². The Kier molecular flexibility index (Phi) is 4.27. The Morgan fingerprint density at radius 2 is 2.10 bits per heavy atom. The highest BCUT2D eigenvalue weighted by Crippen LogP contribution is 2.18. The fourth-order valence-electron chi connectivity index (χ4n) is 2.09. The van der Waals surface area contributed by atoms with E-state index in [0.717, 1.165) is 0 Å². The molecule has 0 aliphatic carbocycles. The molecule has 1 fully saturated rings. The van der Waals surface area contributed by atoms with Crippen LogP contribution in [-0.2, 0) is 20.8 Å². The summed E-state index contributed by atoms with van der Waals surface area (Å²) in [5, 5.41) is 15.5. The lowest BCUT2D eigenvalue weighted by Gasteiger charge is -2.21. The smallest absolute Gasteiger partial charge is 0.273 e. The van der Waals surface area contributed by atoms with Gasteiger partial charge in [0.2, 0.25) is 17.7 Å². The first-order chi connectivity index (χ1) is 9.97. The SMILES string of the molecule is O=C1CCC(NC(=O)Cc2ccccc2[N+](=O)[O-])C(=O)N1. The third kappa shape index (κ3) is 3.62. The van der Waals surface area contributed by atoms with Gasteiger partial charge >= 0.3 is 0 Å². The van der Waals surface area contributed by atoms with Crippen LogP contribution in [0.5, 0.6) is 0 Å². The first kappa shape index (κ1) is 14.6. The van der Waals surface area contributed by atoms with E-state index >= 15 is 0 Å². The molecule has 1 heterocycles. The largest absolute Gasteiger partial charge is 0.344 e.